The van der Waals surface area contributed by atoms with Crippen molar-refractivity contribution in [3.8, 4) is 0 Å². The van der Waals surface area contributed by atoms with E-state index in [9.17, 15) is 5.11 Å². The van der Waals surface area contributed by atoms with Gasteiger partial charge in [-0.2, -0.15) is 0 Å². The van der Waals surface area contributed by atoms with E-state index in [1.807, 2.05) is 0 Å². The Balaban J connectivity index is 2.30. The molecule has 0 aromatic rings. The topological polar surface area (TPSA) is 23.5 Å². The van der Waals surface area contributed by atoms with Gasteiger partial charge in [0, 0.05) is 12.0 Å². The van der Waals surface area contributed by atoms with Crippen LogP contribution in [0.4, 0.5) is 0 Å². The Morgan fingerprint density at radius 1 is 1.36 bits per heavy atom. The molecule has 0 aromatic carbocycles. The highest BCUT2D eigenvalue weighted by molar-refractivity contribution is 5.13. The van der Waals surface area contributed by atoms with Crippen molar-refractivity contribution >= 4 is 0 Å². The molecule has 0 unspecified atom stereocenters. The lowest BCUT2D eigenvalue weighted by Gasteiger charge is -2.42. The van der Waals surface area contributed by atoms with Crippen LogP contribution in [0.25, 0.3) is 0 Å². The summed E-state index contributed by atoms with van der Waals surface area (Å²) in [7, 11) is 4.23. The van der Waals surface area contributed by atoms with Crippen LogP contribution in [-0.2, 0) is 0 Å². The van der Waals surface area contributed by atoms with Crippen LogP contribution in [0.15, 0.2) is 0 Å². The van der Waals surface area contributed by atoms with Crippen molar-refractivity contribution in [3.63, 3.8) is 0 Å². The number of aliphatic hydroxyl groups excluding tert-OH is 1. The molecule has 2 heteroatoms. The molecule has 2 bridgehead atoms. The Labute approximate surface area is 87.3 Å². The van der Waals surface area contributed by atoms with Crippen LogP contribution in [0.2, 0.25) is 0 Å². The van der Waals surface area contributed by atoms with Crippen molar-refractivity contribution in [2.75, 3.05) is 20.6 Å². The summed E-state index contributed by atoms with van der Waals surface area (Å²) in [6.07, 6.45) is 3.49. The normalized spacial score (nSPS) is 45.0. The highest BCUT2D eigenvalue weighted by atomic mass is 16.3. The summed E-state index contributed by atoms with van der Waals surface area (Å²) in [4.78, 5) is 2.23. The van der Waals surface area contributed by atoms with E-state index in [1.54, 1.807) is 0 Å². The summed E-state index contributed by atoms with van der Waals surface area (Å²) in [5, 5.41) is 10.2. The summed E-state index contributed by atoms with van der Waals surface area (Å²) < 4.78 is 0. The molecule has 2 rings (SSSR count). The SMILES string of the molecule is CN(C)C[C@]12CC[C@H](C[C@H]1O)C2(C)C. The number of fused-ring (bicyclic) bond motifs is 2. The van der Waals surface area contributed by atoms with Crippen LogP contribution >= 0.6 is 0 Å². The van der Waals surface area contributed by atoms with E-state index in [-0.39, 0.29) is 11.5 Å². The van der Waals surface area contributed by atoms with E-state index in [0.29, 0.717) is 5.41 Å². The fraction of sp³-hybridized carbons (Fsp3) is 1.00. The van der Waals surface area contributed by atoms with Crippen LogP contribution < -0.4 is 0 Å². The average Bonchev–Trinajstić information content (AvgIpc) is 2.36. The van der Waals surface area contributed by atoms with Gasteiger partial charge in [-0.1, -0.05) is 13.8 Å². The van der Waals surface area contributed by atoms with Gasteiger partial charge in [0.1, 0.15) is 0 Å². The van der Waals surface area contributed by atoms with Gasteiger partial charge in [0.2, 0.25) is 0 Å². The van der Waals surface area contributed by atoms with Gasteiger partial charge in [-0.25, -0.2) is 0 Å². The average molecular weight is 197 g/mol. The second kappa shape index (κ2) is 2.96. The molecule has 3 atom stereocenters. The lowest BCUT2D eigenvalue weighted by atomic mass is 9.68. The largest absolute Gasteiger partial charge is 0.392 e. The number of hydrogen-bond acceptors (Lipinski definition) is 2. The molecule has 0 aromatic heterocycles. The standard InChI is InChI=1S/C12H23NO/c1-11(2)9-5-6-12(11,8-13(3)4)10(14)7-9/h9-10,14H,5-8H2,1-4H3/t9-,10-,12-/m1/s1. The van der Waals surface area contributed by atoms with Gasteiger partial charge in [0.15, 0.2) is 0 Å². The first-order chi connectivity index (χ1) is 6.40. The predicted octanol–water partition coefficient (Wildman–Crippen LogP) is 1.74. The van der Waals surface area contributed by atoms with Crippen LogP contribution in [0.1, 0.15) is 33.1 Å². The molecule has 0 aliphatic heterocycles. The molecule has 0 amide bonds. The molecule has 14 heavy (non-hydrogen) atoms. The molecule has 2 aliphatic rings. The first-order valence-electron chi connectivity index (χ1n) is 5.73. The first kappa shape index (κ1) is 10.4. The van der Waals surface area contributed by atoms with Gasteiger partial charge in [-0.3, -0.25) is 0 Å². The molecule has 0 heterocycles. The van der Waals surface area contributed by atoms with Gasteiger partial charge in [0.05, 0.1) is 6.10 Å². The smallest absolute Gasteiger partial charge is 0.0616 e. The highest BCUT2D eigenvalue weighted by Gasteiger charge is 2.63. The Bertz CT molecular complexity index is 236. The van der Waals surface area contributed by atoms with Crippen molar-refractivity contribution in [3.05, 3.63) is 0 Å². The fourth-order valence-electron chi connectivity index (χ4n) is 3.98. The van der Waals surface area contributed by atoms with Gasteiger partial charge >= 0.3 is 0 Å². The molecule has 2 fully saturated rings. The van der Waals surface area contributed by atoms with E-state index < -0.39 is 0 Å². The van der Waals surface area contributed by atoms with E-state index in [0.717, 1.165) is 18.9 Å². The van der Waals surface area contributed by atoms with Crippen molar-refractivity contribution in [1.29, 1.82) is 0 Å². The van der Waals surface area contributed by atoms with Crippen molar-refractivity contribution < 1.29 is 5.11 Å². The quantitative estimate of drug-likeness (QED) is 0.729. The zero-order valence-electron chi connectivity index (χ0n) is 9.88. The summed E-state index contributed by atoms with van der Waals surface area (Å²) in [5.74, 6) is 0.748. The minimum absolute atomic E-state index is 0.0707. The van der Waals surface area contributed by atoms with E-state index in [2.05, 4.69) is 32.8 Å². The number of hydrogen-bond donors (Lipinski definition) is 1. The maximum atomic E-state index is 10.2. The molecule has 82 valence electrons. The molecule has 1 N–H and O–H groups in total. The third-order valence-corrected chi connectivity index (χ3v) is 4.99. The number of nitrogens with zero attached hydrogens (tertiary/aromatic N) is 1. The van der Waals surface area contributed by atoms with E-state index >= 15 is 0 Å². The Kier molecular flexibility index (Phi) is 2.20. The fourth-order valence-corrected chi connectivity index (χ4v) is 3.98. The lowest BCUT2D eigenvalue weighted by molar-refractivity contribution is -0.0211. The van der Waals surface area contributed by atoms with Crippen LogP contribution in [0.5, 0.6) is 0 Å². The molecule has 0 radical (unpaired) electrons. The second-order valence-electron chi connectivity index (χ2n) is 6.10. The maximum absolute atomic E-state index is 10.2. The van der Waals surface area contributed by atoms with Crippen molar-refractivity contribution in [2.24, 2.45) is 16.7 Å². The number of rotatable bonds is 2. The summed E-state index contributed by atoms with van der Waals surface area (Å²) in [6.45, 7) is 5.74. The first-order valence-corrected chi connectivity index (χ1v) is 5.73. The maximum Gasteiger partial charge on any atom is 0.0616 e. The molecule has 2 nitrogen and oxygen atoms in total. The highest BCUT2D eigenvalue weighted by Crippen LogP contribution is 2.65. The zero-order chi connectivity index (χ0) is 10.6. The van der Waals surface area contributed by atoms with Gasteiger partial charge in [-0.15, -0.1) is 0 Å². The third-order valence-electron chi connectivity index (χ3n) is 4.99. The van der Waals surface area contributed by atoms with Crippen LogP contribution in [0.3, 0.4) is 0 Å². The molecule has 0 saturated heterocycles. The minimum Gasteiger partial charge on any atom is -0.392 e. The third kappa shape index (κ3) is 1.10. The number of aliphatic hydroxyl groups is 1. The van der Waals surface area contributed by atoms with Gasteiger partial charge in [-0.05, 0) is 44.7 Å². The Morgan fingerprint density at radius 2 is 2.00 bits per heavy atom. The van der Waals surface area contributed by atoms with E-state index in [4.69, 9.17) is 0 Å². The molecule has 2 aliphatic carbocycles. The summed E-state index contributed by atoms with van der Waals surface area (Å²) in [5.41, 5.74) is 0.498. The van der Waals surface area contributed by atoms with E-state index in [1.165, 1.54) is 12.8 Å². The minimum atomic E-state index is -0.0707. The van der Waals surface area contributed by atoms with Crippen molar-refractivity contribution in [1.82, 2.24) is 4.90 Å². The molecular weight excluding hydrogens is 174 g/mol. The Morgan fingerprint density at radius 3 is 2.36 bits per heavy atom. The van der Waals surface area contributed by atoms with Gasteiger partial charge in [0.25, 0.3) is 0 Å². The van der Waals surface area contributed by atoms with Crippen LogP contribution in [0, 0.1) is 16.7 Å². The monoisotopic (exact) mass is 197 g/mol. The lowest BCUT2D eigenvalue weighted by Crippen LogP contribution is -2.46. The second-order valence-corrected chi connectivity index (χ2v) is 6.10. The predicted molar refractivity (Wildman–Crippen MR) is 58.1 cm³/mol. The van der Waals surface area contributed by atoms with Gasteiger partial charge < -0.3 is 10.0 Å². The molecule has 2 saturated carbocycles. The van der Waals surface area contributed by atoms with Crippen molar-refractivity contribution in [2.45, 2.75) is 39.2 Å². The molecular formula is C12H23NO. The molecule has 0 spiro atoms. The summed E-state index contributed by atoms with van der Waals surface area (Å²) in [6, 6.07) is 0. The Hall–Kier alpha value is -0.0800. The summed E-state index contributed by atoms with van der Waals surface area (Å²) >= 11 is 0. The zero-order valence-corrected chi connectivity index (χ0v) is 9.88. The van der Waals surface area contributed by atoms with Crippen LogP contribution in [-0.4, -0.2) is 36.8 Å².